The molecule has 106 valence electrons. The molecule has 4 nitrogen and oxygen atoms in total. The summed E-state index contributed by atoms with van der Waals surface area (Å²) in [6.07, 6.45) is 5.64. The minimum absolute atomic E-state index is 0.0785. The van der Waals surface area contributed by atoms with Crippen LogP contribution in [0.3, 0.4) is 0 Å². The molecule has 1 saturated carbocycles. The number of hydrogen-bond acceptors (Lipinski definition) is 3. The fourth-order valence-electron chi connectivity index (χ4n) is 2.76. The van der Waals surface area contributed by atoms with Crippen molar-refractivity contribution in [1.29, 1.82) is 0 Å². The van der Waals surface area contributed by atoms with Gasteiger partial charge in [-0.3, -0.25) is 4.79 Å². The zero-order chi connectivity index (χ0) is 14.0. The van der Waals surface area contributed by atoms with Gasteiger partial charge < -0.3 is 9.67 Å². The van der Waals surface area contributed by atoms with E-state index < -0.39 is 5.97 Å². The highest BCUT2D eigenvalue weighted by atomic mass is 32.2. The van der Waals surface area contributed by atoms with Gasteiger partial charge in [0.25, 0.3) is 0 Å². The Morgan fingerprint density at radius 2 is 2.21 bits per heavy atom. The lowest BCUT2D eigenvalue weighted by Crippen LogP contribution is -2.23. The van der Waals surface area contributed by atoms with Crippen LogP contribution in [0.15, 0.2) is 11.4 Å². The van der Waals surface area contributed by atoms with Crippen LogP contribution < -0.4 is 0 Å². The van der Waals surface area contributed by atoms with E-state index >= 15 is 0 Å². The summed E-state index contributed by atoms with van der Waals surface area (Å²) in [4.78, 5) is 15.2. The lowest BCUT2D eigenvalue weighted by Gasteiger charge is -2.33. The summed E-state index contributed by atoms with van der Waals surface area (Å²) in [6, 6.07) is 0.476. The number of nitrogens with zero attached hydrogens (tertiary/aromatic N) is 2. The molecule has 3 unspecified atom stereocenters. The van der Waals surface area contributed by atoms with Crippen LogP contribution >= 0.6 is 11.8 Å². The van der Waals surface area contributed by atoms with Gasteiger partial charge in [0.2, 0.25) is 0 Å². The largest absolute Gasteiger partial charge is 0.481 e. The van der Waals surface area contributed by atoms with Crippen molar-refractivity contribution in [3.05, 3.63) is 11.9 Å². The number of carboxylic acids is 1. The number of aliphatic carboxylic acids is 1. The Kier molecular flexibility index (Phi) is 4.55. The van der Waals surface area contributed by atoms with Crippen LogP contribution in [0.5, 0.6) is 0 Å². The molecule has 2 rings (SSSR count). The topological polar surface area (TPSA) is 55.1 Å². The minimum atomic E-state index is -0.789. The average molecular weight is 282 g/mol. The highest BCUT2D eigenvalue weighted by Gasteiger charge is 2.27. The Hall–Kier alpha value is -0.970. The van der Waals surface area contributed by atoms with Crippen LogP contribution in [0.2, 0.25) is 0 Å². The van der Waals surface area contributed by atoms with E-state index in [-0.39, 0.29) is 5.75 Å². The molecule has 19 heavy (non-hydrogen) atoms. The van der Waals surface area contributed by atoms with Gasteiger partial charge in [0, 0.05) is 12.2 Å². The molecule has 1 aromatic heterocycles. The van der Waals surface area contributed by atoms with Crippen molar-refractivity contribution in [2.45, 2.75) is 51.2 Å². The predicted octanol–water partition coefficient (Wildman–Crippen LogP) is 3.37. The predicted molar refractivity (Wildman–Crippen MR) is 76.5 cm³/mol. The third-order valence-electron chi connectivity index (χ3n) is 4.11. The summed E-state index contributed by atoms with van der Waals surface area (Å²) in [5.41, 5.74) is 0.971. The summed E-state index contributed by atoms with van der Waals surface area (Å²) in [5, 5.41) is 9.66. The molecule has 0 radical (unpaired) electrons. The van der Waals surface area contributed by atoms with Crippen LogP contribution in [0, 0.1) is 18.8 Å². The number of aromatic nitrogens is 2. The molecular weight excluding hydrogens is 260 g/mol. The van der Waals surface area contributed by atoms with Gasteiger partial charge in [-0.2, -0.15) is 0 Å². The summed E-state index contributed by atoms with van der Waals surface area (Å²) >= 11 is 1.32. The molecule has 1 fully saturated rings. The van der Waals surface area contributed by atoms with Gasteiger partial charge in [0.1, 0.15) is 0 Å². The first kappa shape index (κ1) is 14.4. The summed E-state index contributed by atoms with van der Waals surface area (Å²) in [7, 11) is 0. The summed E-state index contributed by atoms with van der Waals surface area (Å²) in [5.74, 6) is 0.799. The first-order chi connectivity index (χ1) is 8.97. The normalized spacial score (nSPS) is 27.4. The van der Waals surface area contributed by atoms with Gasteiger partial charge in [-0.15, -0.1) is 0 Å². The molecule has 0 amide bonds. The van der Waals surface area contributed by atoms with Crippen LogP contribution in [0.25, 0.3) is 0 Å². The smallest absolute Gasteiger partial charge is 0.313 e. The Balaban J connectivity index is 2.12. The average Bonchev–Trinajstić information content (AvgIpc) is 2.71. The second-order valence-corrected chi connectivity index (χ2v) is 6.62. The quantitative estimate of drug-likeness (QED) is 0.860. The Bertz CT molecular complexity index is 458. The van der Waals surface area contributed by atoms with Crippen molar-refractivity contribution < 1.29 is 9.90 Å². The van der Waals surface area contributed by atoms with E-state index in [2.05, 4.69) is 29.6 Å². The number of aryl methyl sites for hydroxylation is 1. The Labute approximate surface area is 118 Å². The first-order valence-electron chi connectivity index (χ1n) is 6.87. The fraction of sp³-hybridized carbons (Fsp3) is 0.714. The van der Waals surface area contributed by atoms with Crippen molar-refractivity contribution in [3.63, 3.8) is 0 Å². The molecule has 0 aromatic carbocycles. The monoisotopic (exact) mass is 282 g/mol. The molecule has 0 saturated heterocycles. The van der Waals surface area contributed by atoms with Crippen LogP contribution in [-0.2, 0) is 4.79 Å². The number of rotatable bonds is 4. The zero-order valence-electron chi connectivity index (χ0n) is 11.8. The van der Waals surface area contributed by atoms with Crippen molar-refractivity contribution >= 4 is 17.7 Å². The van der Waals surface area contributed by atoms with E-state index in [1.54, 1.807) is 0 Å². The zero-order valence-corrected chi connectivity index (χ0v) is 12.6. The van der Waals surface area contributed by atoms with Gasteiger partial charge in [-0.25, -0.2) is 4.98 Å². The molecular formula is C14H22N2O2S. The maximum absolute atomic E-state index is 10.7. The van der Waals surface area contributed by atoms with Crippen molar-refractivity contribution in [2.75, 3.05) is 5.75 Å². The third kappa shape index (κ3) is 3.53. The molecule has 1 aliphatic carbocycles. The minimum Gasteiger partial charge on any atom is -0.481 e. The van der Waals surface area contributed by atoms with Crippen molar-refractivity contribution in [3.8, 4) is 0 Å². The molecule has 5 heteroatoms. The number of hydrogen-bond donors (Lipinski definition) is 1. The van der Waals surface area contributed by atoms with E-state index in [1.807, 2.05) is 6.92 Å². The van der Waals surface area contributed by atoms with Gasteiger partial charge >= 0.3 is 5.97 Å². The van der Waals surface area contributed by atoms with Crippen molar-refractivity contribution in [1.82, 2.24) is 9.55 Å². The third-order valence-corrected chi connectivity index (χ3v) is 5.06. The van der Waals surface area contributed by atoms with Crippen LogP contribution in [0.1, 0.15) is 44.8 Å². The van der Waals surface area contributed by atoms with E-state index in [0.717, 1.165) is 29.1 Å². The maximum atomic E-state index is 10.7. The number of imidazole rings is 1. The van der Waals surface area contributed by atoms with Gasteiger partial charge in [-0.1, -0.05) is 25.6 Å². The molecule has 1 aromatic rings. The van der Waals surface area contributed by atoms with Gasteiger partial charge in [0.05, 0.1) is 11.4 Å². The molecule has 1 heterocycles. The van der Waals surface area contributed by atoms with E-state index in [4.69, 9.17) is 5.11 Å². The number of thioether (sulfide) groups is 1. The van der Waals surface area contributed by atoms with E-state index in [0.29, 0.717) is 6.04 Å². The van der Waals surface area contributed by atoms with Crippen molar-refractivity contribution in [2.24, 2.45) is 11.8 Å². The van der Waals surface area contributed by atoms with E-state index in [1.165, 1.54) is 24.6 Å². The summed E-state index contributed by atoms with van der Waals surface area (Å²) in [6.45, 7) is 6.60. The summed E-state index contributed by atoms with van der Waals surface area (Å²) < 4.78 is 2.20. The lowest BCUT2D eigenvalue weighted by molar-refractivity contribution is -0.133. The first-order valence-corrected chi connectivity index (χ1v) is 7.86. The second-order valence-electron chi connectivity index (χ2n) is 5.68. The molecule has 1 N–H and O–H groups in total. The molecule has 0 spiro atoms. The number of carbonyl (C=O) groups is 1. The Morgan fingerprint density at radius 3 is 2.84 bits per heavy atom. The van der Waals surface area contributed by atoms with E-state index in [9.17, 15) is 4.79 Å². The maximum Gasteiger partial charge on any atom is 0.313 e. The van der Waals surface area contributed by atoms with Gasteiger partial charge in [-0.05, 0) is 38.0 Å². The number of carboxylic acid groups (broad SMARTS) is 1. The molecule has 3 atom stereocenters. The molecule has 0 bridgehead atoms. The SMILES string of the molecule is Cc1cn(C2CCC(C)C(C)C2)c(SCC(=O)O)n1. The highest BCUT2D eigenvalue weighted by Crippen LogP contribution is 2.38. The van der Waals surface area contributed by atoms with Gasteiger partial charge in [0.15, 0.2) is 5.16 Å². The standard InChI is InChI=1S/C14H22N2O2S/c1-9-4-5-12(6-10(9)2)16-7-11(3)15-14(16)19-8-13(17)18/h7,9-10,12H,4-6,8H2,1-3H3,(H,17,18). The second kappa shape index (κ2) is 5.99. The lowest BCUT2D eigenvalue weighted by atomic mass is 9.79. The van der Waals surface area contributed by atoms with Crippen LogP contribution in [-0.4, -0.2) is 26.4 Å². The highest BCUT2D eigenvalue weighted by molar-refractivity contribution is 7.99. The molecule has 1 aliphatic rings. The molecule has 0 aliphatic heterocycles. The fourth-order valence-corrected chi connectivity index (χ4v) is 3.57. The Morgan fingerprint density at radius 1 is 1.47 bits per heavy atom. The van der Waals surface area contributed by atoms with Crippen LogP contribution in [0.4, 0.5) is 0 Å².